The van der Waals surface area contributed by atoms with Crippen LogP contribution in [0.4, 0.5) is 0 Å². The molecule has 1 aromatic carbocycles. The van der Waals surface area contributed by atoms with Crippen LogP contribution in [0.5, 0.6) is 0 Å². The zero-order chi connectivity index (χ0) is 15.1. The number of ether oxygens (including phenoxy) is 1. The number of benzene rings is 1. The van der Waals surface area contributed by atoms with Crippen LogP contribution in [0.25, 0.3) is 10.2 Å². The number of aromatic nitrogens is 1. The van der Waals surface area contributed by atoms with Gasteiger partial charge in [0.05, 0.1) is 22.9 Å². The number of methoxy groups -OCH3 is 1. The average Bonchev–Trinajstić information content (AvgIpc) is 2.91. The van der Waals surface area contributed by atoms with E-state index in [1.807, 2.05) is 18.2 Å². The molecular formula is C15H21N3O2S. The van der Waals surface area contributed by atoms with E-state index in [-0.39, 0.29) is 11.9 Å². The van der Waals surface area contributed by atoms with Crippen molar-refractivity contribution in [3.63, 3.8) is 0 Å². The summed E-state index contributed by atoms with van der Waals surface area (Å²) in [5.41, 5.74) is 1.03. The Hall–Kier alpha value is -1.50. The molecule has 1 heterocycles. The molecular weight excluding hydrogens is 286 g/mol. The van der Waals surface area contributed by atoms with Crippen LogP contribution >= 0.6 is 11.3 Å². The van der Waals surface area contributed by atoms with Crippen molar-refractivity contribution in [2.75, 3.05) is 26.8 Å². The molecule has 21 heavy (non-hydrogen) atoms. The topological polar surface area (TPSA) is 63.2 Å². The van der Waals surface area contributed by atoms with Gasteiger partial charge in [-0.1, -0.05) is 12.1 Å². The molecule has 1 atom stereocenters. The number of nitrogens with zero attached hydrogens (tertiary/aromatic N) is 1. The van der Waals surface area contributed by atoms with Gasteiger partial charge in [-0.25, -0.2) is 4.98 Å². The van der Waals surface area contributed by atoms with Crippen LogP contribution in [0.15, 0.2) is 24.3 Å². The zero-order valence-electron chi connectivity index (χ0n) is 12.4. The molecule has 0 saturated carbocycles. The van der Waals surface area contributed by atoms with E-state index in [2.05, 4.69) is 28.6 Å². The van der Waals surface area contributed by atoms with Crippen molar-refractivity contribution in [3.8, 4) is 0 Å². The minimum atomic E-state index is 0.0380. The Bertz CT molecular complexity index is 552. The molecule has 1 aromatic heterocycles. The predicted octanol–water partition coefficient (Wildman–Crippen LogP) is 2.10. The van der Waals surface area contributed by atoms with Crippen molar-refractivity contribution in [2.24, 2.45) is 0 Å². The van der Waals surface area contributed by atoms with Crippen molar-refractivity contribution < 1.29 is 9.53 Å². The fourth-order valence-electron chi connectivity index (χ4n) is 1.95. The van der Waals surface area contributed by atoms with Gasteiger partial charge in [0.25, 0.3) is 0 Å². The van der Waals surface area contributed by atoms with Crippen molar-refractivity contribution in [1.29, 1.82) is 0 Å². The van der Waals surface area contributed by atoms with Gasteiger partial charge in [-0.15, -0.1) is 11.3 Å². The van der Waals surface area contributed by atoms with Crippen LogP contribution in [0.3, 0.4) is 0 Å². The molecule has 0 aliphatic rings. The molecule has 0 aliphatic carbocycles. The van der Waals surface area contributed by atoms with Gasteiger partial charge in [0.2, 0.25) is 5.91 Å². The van der Waals surface area contributed by atoms with Gasteiger partial charge in [0, 0.05) is 26.6 Å². The van der Waals surface area contributed by atoms with E-state index >= 15 is 0 Å². The Labute approximate surface area is 128 Å². The van der Waals surface area contributed by atoms with Crippen LogP contribution < -0.4 is 10.6 Å². The molecule has 0 bridgehead atoms. The molecule has 2 N–H and O–H groups in total. The van der Waals surface area contributed by atoms with Gasteiger partial charge in [0.1, 0.15) is 5.01 Å². The molecule has 0 fully saturated rings. The number of carbonyl (C=O) groups is 1. The molecule has 2 rings (SSSR count). The first-order valence-corrected chi connectivity index (χ1v) is 7.87. The summed E-state index contributed by atoms with van der Waals surface area (Å²) >= 11 is 1.69. The predicted molar refractivity (Wildman–Crippen MR) is 85.5 cm³/mol. The number of thiazole rings is 1. The molecule has 0 saturated heterocycles. The van der Waals surface area contributed by atoms with E-state index in [0.717, 1.165) is 10.5 Å². The summed E-state index contributed by atoms with van der Waals surface area (Å²) < 4.78 is 6.08. The molecule has 114 valence electrons. The number of para-hydroxylation sites is 1. The Kier molecular flexibility index (Phi) is 6.10. The highest BCUT2D eigenvalue weighted by atomic mass is 32.1. The number of nitrogens with one attached hydrogen (secondary N) is 2. The highest BCUT2D eigenvalue weighted by molar-refractivity contribution is 7.18. The molecule has 6 heteroatoms. The lowest BCUT2D eigenvalue weighted by atomic mass is 10.3. The SMILES string of the molecule is COCCNC(=O)CCNC(C)c1nc2ccccc2s1. The normalized spacial score (nSPS) is 12.5. The summed E-state index contributed by atoms with van der Waals surface area (Å²) in [6.07, 6.45) is 0.457. The van der Waals surface area contributed by atoms with Crippen LogP contribution in [0.2, 0.25) is 0 Å². The minimum absolute atomic E-state index is 0.0380. The van der Waals surface area contributed by atoms with Crippen LogP contribution in [0.1, 0.15) is 24.4 Å². The van der Waals surface area contributed by atoms with E-state index in [1.54, 1.807) is 18.4 Å². The van der Waals surface area contributed by atoms with Gasteiger partial charge in [-0.2, -0.15) is 0 Å². The molecule has 0 radical (unpaired) electrons. The average molecular weight is 307 g/mol. The van der Waals surface area contributed by atoms with Gasteiger partial charge in [0.15, 0.2) is 0 Å². The highest BCUT2D eigenvalue weighted by Crippen LogP contribution is 2.25. The van der Waals surface area contributed by atoms with E-state index < -0.39 is 0 Å². The maximum Gasteiger partial charge on any atom is 0.221 e. The zero-order valence-corrected chi connectivity index (χ0v) is 13.2. The molecule has 5 nitrogen and oxygen atoms in total. The van der Waals surface area contributed by atoms with E-state index in [0.29, 0.717) is 26.1 Å². The van der Waals surface area contributed by atoms with E-state index in [1.165, 1.54) is 4.70 Å². The first-order chi connectivity index (χ1) is 10.2. The monoisotopic (exact) mass is 307 g/mol. The first kappa shape index (κ1) is 15.9. The summed E-state index contributed by atoms with van der Waals surface area (Å²) in [6, 6.07) is 8.26. The number of rotatable bonds is 8. The van der Waals surface area contributed by atoms with Crippen molar-refractivity contribution in [1.82, 2.24) is 15.6 Å². The second-order valence-electron chi connectivity index (χ2n) is 4.79. The molecule has 0 aliphatic heterocycles. The van der Waals surface area contributed by atoms with E-state index in [9.17, 15) is 4.79 Å². The molecule has 1 amide bonds. The maximum absolute atomic E-state index is 11.6. The summed E-state index contributed by atoms with van der Waals surface area (Å²) in [6.45, 7) is 3.81. The number of hydrogen-bond acceptors (Lipinski definition) is 5. The lowest BCUT2D eigenvalue weighted by Crippen LogP contribution is -2.30. The van der Waals surface area contributed by atoms with Crippen molar-refractivity contribution in [2.45, 2.75) is 19.4 Å². The Balaban J connectivity index is 1.76. The first-order valence-electron chi connectivity index (χ1n) is 7.05. The van der Waals surface area contributed by atoms with Gasteiger partial charge in [-0.3, -0.25) is 4.79 Å². The smallest absolute Gasteiger partial charge is 0.221 e. The summed E-state index contributed by atoms with van der Waals surface area (Å²) in [7, 11) is 1.62. The molecule has 2 aromatic rings. The van der Waals surface area contributed by atoms with Gasteiger partial charge in [-0.05, 0) is 19.1 Å². The Morgan fingerprint density at radius 3 is 2.95 bits per heavy atom. The van der Waals surface area contributed by atoms with Crippen molar-refractivity contribution in [3.05, 3.63) is 29.3 Å². The maximum atomic E-state index is 11.6. The second kappa shape index (κ2) is 8.07. The number of hydrogen-bond donors (Lipinski definition) is 2. The number of amides is 1. The van der Waals surface area contributed by atoms with Crippen LogP contribution in [-0.4, -0.2) is 37.7 Å². The summed E-state index contributed by atoms with van der Waals surface area (Å²) in [5.74, 6) is 0.0380. The highest BCUT2D eigenvalue weighted by Gasteiger charge is 2.11. The van der Waals surface area contributed by atoms with Gasteiger partial charge < -0.3 is 15.4 Å². The number of carbonyl (C=O) groups excluding carboxylic acids is 1. The second-order valence-corrected chi connectivity index (χ2v) is 5.85. The Morgan fingerprint density at radius 1 is 1.38 bits per heavy atom. The van der Waals surface area contributed by atoms with Crippen LogP contribution in [0, 0.1) is 0 Å². The number of fused-ring (bicyclic) bond motifs is 1. The summed E-state index contributed by atoms with van der Waals surface area (Å²) in [5, 5.41) is 7.19. The third-order valence-electron chi connectivity index (χ3n) is 3.11. The quantitative estimate of drug-likeness (QED) is 0.733. The van der Waals surface area contributed by atoms with Crippen molar-refractivity contribution >= 4 is 27.5 Å². The standard InChI is InChI=1S/C15H21N3O2S/c1-11(16-8-7-14(19)17-9-10-20-2)15-18-12-5-3-4-6-13(12)21-15/h3-6,11,16H,7-10H2,1-2H3,(H,17,19). The third kappa shape index (κ3) is 4.77. The lowest BCUT2D eigenvalue weighted by molar-refractivity contribution is -0.121. The van der Waals surface area contributed by atoms with Gasteiger partial charge >= 0.3 is 0 Å². The fraction of sp³-hybridized carbons (Fsp3) is 0.467. The summed E-state index contributed by atoms with van der Waals surface area (Å²) in [4.78, 5) is 16.2. The Morgan fingerprint density at radius 2 is 2.19 bits per heavy atom. The third-order valence-corrected chi connectivity index (χ3v) is 4.33. The fourth-order valence-corrected chi connectivity index (χ4v) is 2.94. The molecule has 1 unspecified atom stereocenters. The minimum Gasteiger partial charge on any atom is -0.383 e. The lowest BCUT2D eigenvalue weighted by Gasteiger charge is -2.10. The largest absolute Gasteiger partial charge is 0.383 e. The van der Waals surface area contributed by atoms with Crippen LogP contribution in [-0.2, 0) is 9.53 Å². The van der Waals surface area contributed by atoms with E-state index in [4.69, 9.17) is 4.74 Å². The molecule has 0 spiro atoms.